The molecule has 24 heavy (non-hydrogen) atoms. The standard InChI is InChI=1S/C16H18N4O4/c21-13-5-2-8-20(13)12-4-1-3-10(9-12)14(22)18-19-16(24)15(23)17-11-6-7-11/h1,3-4,9,11H,2,5-8H2,(H,17,23)(H,18,22)(H,19,24). The fraction of sp³-hybridized carbons (Fsp3) is 0.375. The van der Waals surface area contributed by atoms with Crippen molar-refractivity contribution in [3.05, 3.63) is 29.8 Å². The first-order chi connectivity index (χ1) is 11.5. The number of carbonyl (C=O) groups excluding carboxylic acids is 4. The zero-order valence-electron chi connectivity index (χ0n) is 13.0. The first-order valence-corrected chi connectivity index (χ1v) is 7.86. The lowest BCUT2D eigenvalue weighted by Gasteiger charge is -2.16. The highest BCUT2D eigenvalue weighted by Crippen LogP contribution is 2.22. The van der Waals surface area contributed by atoms with Gasteiger partial charge in [-0.25, -0.2) is 0 Å². The van der Waals surface area contributed by atoms with E-state index < -0.39 is 17.7 Å². The van der Waals surface area contributed by atoms with Gasteiger partial charge in [0.05, 0.1) is 0 Å². The highest BCUT2D eigenvalue weighted by molar-refractivity contribution is 6.35. The lowest BCUT2D eigenvalue weighted by molar-refractivity contribution is -0.139. The van der Waals surface area contributed by atoms with E-state index in [9.17, 15) is 19.2 Å². The molecule has 0 aromatic heterocycles. The molecule has 126 valence electrons. The maximum Gasteiger partial charge on any atom is 0.327 e. The SMILES string of the molecule is O=C(NNC(=O)c1cccc(N2CCCC2=O)c1)C(=O)NC1CC1. The Morgan fingerprint density at radius 3 is 2.54 bits per heavy atom. The number of hydrogen-bond acceptors (Lipinski definition) is 4. The Hall–Kier alpha value is -2.90. The van der Waals surface area contributed by atoms with Crippen molar-refractivity contribution in [3.63, 3.8) is 0 Å². The van der Waals surface area contributed by atoms with Gasteiger partial charge in [0.2, 0.25) is 5.91 Å². The van der Waals surface area contributed by atoms with Gasteiger partial charge in [0.25, 0.3) is 5.91 Å². The normalized spacial score (nSPS) is 16.7. The molecule has 0 spiro atoms. The summed E-state index contributed by atoms with van der Waals surface area (Å²) in [4.78, 5) is 48.5. The number of carbonyl (C=O) groups is 4. The number of hydrazine groups is 1. The Kier molecular flexibility index (Phi) is 4.45. The van der Waals surface area contributed by atoms with Gasteiger partial charge in [-0.2, -0.15) is 0 Å². The summed E-state index contributed by atoms with van der Waals surface area (Å²) in [6.07, 6.45) is 3.03. The molecular formula is C16H18N4O4. The molecule has 1 saturated heterocycles. The van der Waals surface area contributed by atoms with Crippen molar-refractivity contribution in [2.75, 3.05) is 11.4 Å². The second-order valence-corrected chi connectivity index (χ2v) is 5.86. The van der Waals surface area contributed by atoms with E-state index in [0.29, 0.717) is 18.7 Å². The van der Waals surface area contributed by atoms with Gasteiger partial charge in [-0.15, -0.1) is 0 Å². The number of nitrogens with one attached hydrogen (secondary N) is 3. The number of hydrogen-bond donors (Lipinski definition) is 3. The summed E-state index contributed by atoms with van der Waals surface area (Å²) in [5.74, 6) is -2.22. The van der Waals surface area contributed by atoms with Crippen LogP contribution in [-0.4, -0.2) is 36.2 Å². The van der Waals surface area contributed by atoms with E-state index in [1.165, 1.54) is 0 Å². The van der Waals surface area contributed by atoms with Crippen LogP contribution in [0.25, 0.3) is 0 Å². The van der Waals surface area contributed by atoms with Crippen molar-refractivity contribution in [2.24, 2.45) is 0 Å². The number of nitrogens with zero attached hydrogens (tertiary/aromatic N) is 1. The molecule has 8 nitrogen and oxygen atoms in total. The Balaban J connectivity index is 1.57. The molecule has 4 amide bonds. The van der Waals surface area contributed by atoms with Crippen molar-refractivity contribution in [1.29, 1.82) is 0 Å². The maximum atomic E-state index is 12.1. The fourth-order valence-corrected chi connectivity index (χ4v) is 2.46. The first kappa shape index (κ1) is 16.0. The summed E-state index contributed by atoms with van der Waals surface area (Å²) >= 11 is 0. The average Bonchev–Trinajstić information content (AvgIpc) is 3.30. The Morgan fingerprint density at radius 1 is 1.08 bits per heavy atom. The summed E-state index contributed by atoms with van der Waals surface area (Å²) in [6.45, 7) is 0.627. The Morgan fingerprint density at radius 2 is 1.88 bits per heavy atom. The van der Waals surface area contributed by atoms with Crippen molar-refractivity contribution >= 4 is 29.3 Å². The number of benzene rings is 1. The van der Waals surface area contributed by atoms with Crippen molar-refractivity contribution in [1.82, 2.24) is 16.2 Å². The molecule has 0 radical (unpaired) electrons. The summed E-state index contributed by atoms with van der Waals surface area (Å²) in [5.41, 5.74) is 5.21. The minimum atomic E-state index is -0.916. The largest absolute Gasteiger partial charge is 0.345 e. The van der Waals surface area contributed by atoms with Crippen LogP contribution in [0.3, 0.4) is 0 Å². The van der Waals surface area contributed by atoms with E-state index in [1.54, 1.807) is 29.2 Å². The third-order valence-corrected chi connectivity index (χ3v) is 3.90. The predicted molar refractivity (Wildman–Crippen MR) is 84.8 cm³/mol. The number of amides is 4. The molecule has 1 aliphatic carbocycles. The molecule has 1 aliphatic heterocycles. The predicted octanol–water partition coefficient (Wildman–Crippen LogP) is -0.147. The zero-order valence-corrected chi connectivity index (χ0v) is 13.0. The quantitative estimate of drug-likeness (QED) is 0.529. The number of anilines is 1. The molecule has 0 atom stereocenters. The van der Waals surface area contributed by atoms with Crippen molar-refractivity contribution < 1.29 is 19.2 Å². The van der Waals surface area contributed by atoms with E-state index in [-0.39, 0.29) is 17.5 Å². The molecule has 1 aromatic carbocycles. The van der Waals surface area contributed by atoms with Crippen LogP contribution in [0.1, 0.15) is 36.0 Å². The van der Waals surface area contributed by atoms with Crippen LogP contribution < -0.4 is 21.1 Å². The third-order valence-electron chi connectivity index (χ3n) is 3.90. The summed E-state index contributed by atoms with van der Waals surface area (Å²) in [7, 11) is 0. The van der Waals surface area contributed by atoms with Gasteiger partial charge in [-0.3, -0.25) is 30.0 Å². The van der Waals surface area contributed by atoms with Gasteiger partial charge in [-0.1, -0.05) is 6.07 Å². The van der Waals surface area contributed by atoms with Gasteiger partial charge in [-0.05, 0) is 37.5 Å². The van der Waals surface area contributed by atoms with E-state index in [1.807, 2.05) is 0 Å². The molecular weight excluding hydrogens is 312 g/mol. The smallest absolute Gasteiger partial charge is 0.327 e. The van der Waals surface area contributed by atoms with Gasteiger partial charge in [0, 0.05) is 30.3 Å². The molecule has 3 rings (SSSR count). The monoisotopic (exact) mass is 330 g/mol. The van der Waals surface area contributed by atoms with Crippen LogP contribution in [0.4, 0.5) is 5.69 Å². The topological polar surface area (TPSA) is 108 Å². The molecule has 1 aromatic rings. The van der Waals surface area contributed by atoms with Crippen LogP contribution >= 0.6 is 0 Å². The lowest BCUT2D eigenvalue weighted by atomic mass is 10.2. The fourth-order valence-electron chi connectivity index (χ4n) is 2.46. The summed E-state index contributed by atoms with van der Waals surface area (Å²) < 4.78 is 0. The van der Waals surface area contributed by atoms with Crippen LogP contribution in [0.5, 0.6) is 0 Å². The van der Waals surface area contributed by atoms with Crippen LogP contribution in [0.15, 0.2) is 24.3 Å². The molecule has 3 N–H and O–H groups in total. The van der Waals surface area contributed by atoms with Crippen molar-refractivity contribution in [2.45, 2.75) is 31.7 Å². The first-order valence-electron chi connectivity index (χ1n) is 7.86. The van der Waals surface area contributed by atoms with Crippen LogP contribution in [0.2, 0.25) is 0 Å². The van der Waals surface area contributed by atoms with Crippen LogP contribution in [-0.2, 0) is 14.4 Å². The minimum absolute atomic E-state index is 0.0256. The van der Waals surface area contributed by atoms with Gasteiger partial charge >= 0.3 is 11.8 Å². The average molecular weight is 330 g/mol. The number of rotatable bonds is 3. The van der Waals surface area contributed by atoms with E-state index in [2.05, 4.69) is 16.2 Å². The highest BCUT2D eigenvalue weighted by atomic mass is 16.2. The van der Waals surface area contributed by atoms with Gasteiger partial charge in [0.15, 0.2) is 0 Å². The maximum absolute atomic E-state index is 12.1. The van der Waals surface area contributed by atoms with Gasteiger partial charge in [0.1, 0.15) is 0 Å². The lowest BCUT2D eigenvalue weighted by Crippen LogP contribution is -2.49. The minimum Gasteiger partial charge on any atom is -0.345 e. The Labute approximate surface area is 138 Å². The third kappa shape index (κ3) is 3.70. The van der Waals surface area contributed by atoms with Gasteiger partial charge < -0.3 is 10.2 Å². The molecule has 2 aliphatic rings. The van der Waals surface area contributed by atoms with Crippen molar-refractivity contribution in [3.8, 4) is 0 Å². The molecule has 1 saturated carbocycles. The van der Waals surface area contributed by atoms with E-state index in [4.69, 9.17) is 0 Å². The second-order valence-electron chi connectivity index (χ2n) is 5.86. The molecule has 0 unspecified atom stereocenters. The van der Waals surface area contributed by atoms with Crippen LogP contribution in [0, 0.1) is 0 Å². The zero-order chi connectivity index (χ0) is 17.1. The molecule has 8 heteroatoms. The van der Waals surface area contributed by atoms with E-state index in [0.717, 1.165) is 19.3 Å². The summed E-state index contributed by atoms with van der Waals surface area (Å²) in [6, 6.07) is 6.62. The summed E-state index contributed by atoms with van der Waals surface area (Å²) in [5, 5.41) is 2.52. The Bertz CT molecular complexity index is 699. The highest BCUT2D eigenvalue weighted by Gasteiger charge is 2.26. The molecule has 0 bridgehead atoms. The molecule has 1 heterocycles. The molecule has 2 fully saturated rings. The second kappa shape index (κ2) is 6.69. The van der Waals surface area contributed by atoms with E-state index >= 15 is 0 Å².